The molecule has 2 aromatic carbocycles. The van der Waals surface area contributed by atoms with Gasteiger partial charge in [-0.3, -0.25) is 9.59 Å². The number of urea groups is 1. The van der Waals surface area contributed by atoms with Gasteiger partial charge in [-0.05, 0) is 50.6 Å². The van der Waals surface area contributed by atoms with Crippen LogP contribution in [0.15, 0.2) is 48.5 Å². The van der Waals surface area contributed by atoms with E-state index in [1.54, 1.807) is 44.2 Å². The zero-order valence-corrected chi connectivity index (χ0v) is 15.5. The minimum Gasteiger partial charge on any atom is -0.480 e. The number of amides is 3. The van der Waals surface area contributed by atoms with E-state index in [0.717, 1.165) is 5.56 Å². The number of benzene rings is 2. The maximum atomic E-state index is 12.7. The van der Waals surface area contributed by atoms with Crippen LogP contribution in [0, 0.1) is 6.92 Å². The fourth-order valence-electron chi connectivity index (χ4n) is 2.50. The number of para-hydroxylation sites is 1. The van der Waals surface area contributed by atoms with Crippen LogP contribution < -0.4 is 10.6 Å². The molecule has 0 aliphatic heterocycles. The topological polar surface area (TPSA) is 98.7 Å². The van der Waals surface area contributed by atoms with Crippen LogP contribution in [0.5, 0.6) is 0 Å². The molecule has 0 radical (unpaired) electrons. The smallest absolute Gasteiger partial charge is 0.323 e. The zero-order valence-electron chi connectivity index (χ0n) is 15.5. The first-order valence-corrected chi connectivity index (χ1v) is 8.54. The summed E-state index contributed by atoms with van der Waals surface area (Å²) >= 11 is 0. The summed E-state index contributed by atoms with van der Waals surface area (Å²) in [6, 6.07) is 13.2. The van der Waals surface area contributed by atoms with Gasteiger partial charge in [-0.1, -0.05) is 24.3 Å². The van der Waals surface area contributed by atoms with Gasteiger partial charge in [0.05, 0.1) is 0 Å². The van der Waals surface area contributed by atoms with Gasteiger partial charge in [0.1, 0.15) is 6.54 Å². The molecule has 0 fully saturated rings. The highest BCUT2D eigenvalue weighted by Gasteiger charge is 2.22. The Morgan fingerprint density at radius 1 is 1.04 bits per heavy atom. The number of carboxylic acid groups (broad SMARTS) is 1. The zero-order chi connectivity index (χ0) is 20.0. The fraction of sp³-hybridized carbons (Fsp3) is 0.250. The van der Waals surface area contributed by atoms with Crippen molar-refractivity contribution in [1.29, 1.82) is 0 Å². The van der Waals surface area contributed by atoms with Crippen molar-refractivity contribution in [3.8, 4) is 0 Å². The van der Waals surface area contributed by atoms with E-state index in [-0.39, 0.29) is 12.6 Å². The van der Waals surface area contributed by atoms with Crippen LogP contribution in [-0.2, 0) is 4.79 Å². The van der Waals surface area contributed by atoms with Crippen molar-refractivity contribution in [2.75, 3.05) is 17.2 Å². The Hall–Kier alpha value is -3.35. The Balaban J connectivity index is 2.18. The SMILES string of the molecule is Cc1ccc(C(=O)N(CC(=O)O)C(C)C)cc1NC(=O)Nc1ccccc1. The van der Waals surface area contributed by atoms with Crippen molar-refractivity contribution in [3.63, 3.8) is 0 Å². The van der Waals surface area contributed by atoms with Crippen molar-refractivity contribution in [3.05, 3.63) is 59.7 Å². The molecule has 0 heterocycles. The second kappa shape index (κ2) is 8.84. The molecule has 0 aromatic heterocycles. The first kappa shape index (κ1) is 20.0. The Bertz CT molecular complexity index is 834. The summed E-state index contributed by atoms with van der Waals surface area (Å²) in [5.74, 6) is -1.48. The molecule has 0 aliphatic carbocycles. The quantitative estimate of drug-likeness (QED) is 0.725. The molecule has 3 N–H and O–H groups in total. The molecule has 7 heteroatoms. The molecule has 0 atom stereocenters. The third-order valence-electron chi connectivity index (χ3n) is 3.95. The molecule has 142 valence electrons. The van der Waals surface area contributed by atoms with Crippen molar-refractivity contribution >= 4 is 29.3 Å². The van der Waals surface area contributed by atoms with Gasteiger partial charge >= 0.3 is 12.0 Å². The third kappa shape index (κ3) is 5.57. The molecule has 0 unspecified atom stereocenters. The highest BCUT2D eigenvalue weighted by Crippen LogP contribution is 2.19. The summed E-state index contributed by atoms with van der Waals surface area (Å²) < 4.78 is 0. The summed E-state index contributed by atoms with van der Waals surface area (Å²) in [6.45, 7) is 4.93. The molecule has 27 heavy (non-hydrogen) atoms. The lowest BCUT2D eigenvalue weighted by molar-refractivity contribution is -0.138. The third-order valence-corrected chi connectivity index (χ3v) is 3.95. The molecule has 0 saturated heterocycles. The maximum absolute atomic E-state index is 12.7. The second-order valence-electron chi connectivity index (χ2n) is 6.40. The first-order valence-electron chi connectivity index (χ1n) is 8.54. The number of nitrogens with one attached hydrogen (secondary N) is 2. The molecule has 3 amide bonds. The normalized spacial score (nSPS) is 10.4. The molecule has 0 bridgehead atoms. The number of carboxylic acids is 1. The molecular weight excluding hydrogens is 346 g/mol. The Labute approximate surface area is 158 Å². The largest absolute Gasteiger partial charge is 0.480 e. The second-order valence-corrected chi connectivity index (χ2v) is 6.40. The van der Waals surface area contributed by atoms with Crippen LogP contribution in [0.3, 0.4) is 0 Å². The van der Waals surface area contributed by atoms with Crippen molar-refractivity contribution in [2.24, 2.45) is 0 Å². The van der Waals surface area contributed by atoms with E-state index in [2.05, 4.69) is 10.6 Å². The van der Waals surface area contributed by atoms with Crippen LogP contribution in [0.25, 0.3) is 0 Å². The van der Waals surface area contributed by atoms with Crippen LogP contribution in [0.2, 0.25) is 0 Å². The van der Waals surface area contributed by atoms with Gasteiger partial charge in [0.25, 0.3) is 5.91 Å². The molecule has 2 rings (SSSR count). The summed E-state index contributed by atoms with van der Waals surface area (Å²) in [4.78, 5) is 37.2. The molecule has 0 spiro atoms. The number of rotatable bonds is 6. The van der Waals surface area contributed by atoms with Gasteiger partial charge in [-0.2, -0.15) is 0 Å². The van der Waals surface area contributed by atoms with Gasteiger partial charge in [-0.25, -0.2) is 4.79 Å². The number of hydrogen-bond donors (Lipinski definition) is 3. The Morgan fingerprint density at radius 2 is 1.70 bits per heavy atom. The number of hydrogen-bond acceptors (Lipinski definition) is 3. The summed E-state index contributed by atoms with van der Waals surface area (Å²) in [5, 5.41) is 14.5. The van der Waals surface area contributed by atoms with E-state index in [1.807, 2.05) is 25.1 Å². The van der Waals surface area contributed by atoms with Gasteiger partial charge in [0.15, 0.2) is 0 Å². The lowest BCUT2D eigenvalue weighted by Crippen LogP contribution is -2.40. The highest BCUT2D eigenvalue weighted by atomic mass is 16.4. The van der Waals surface area contributed by atoms with E-state index in [0.29, 0.717) is 16.9 Å². The van der Waals surface area contributed by atoms with Crippen LogP contribution in [0.4, 0.5) is 16.2 Å². The Kier molecular flexibility index (Phi) is 6.54. The van der Waals surface area contributed by atoms with Crippen molar-refractivity contribution in [1.82, 2.24) is 4.90 Å². The van der Waals surface area contributed by atoms with Gasteiger partial charge in [-0.15, -0.1) is 0 Å². The van der Waals surface area contributed by atoms with Crippen molar-refractivity contribution < 1.29 is 19.5 Å². The molecule has 0 aliphatic rings. The number of carbonyl (C=O) groups is 3. The lowest BCUT2D eigenvalue weighted by Gasteiger charge is -2.25. The first-order chi connectivity index (χ1) is 12.8. The Morgan fingerprint density at radius 3 is 2.30 bits per heavy atom. The van der Waals surface area contributed by atoms with Crippen LogP contribution in [-0.4, -0.2) is 40.5 Å². The fourth-order valence-corrected chi connectivity index (χ4v) is 2.50. The summed E-state index contributed by atoms with van der Waals surface area (Å²) in [6.07, 6.45) is 0. The predicted octanol–water partition coefficient (Wildman–Crippen LogP) is 3.57. The van der Waals surface area contributed by atoms with Crippen molar-refractivity contribution in [2.45, 2.75) is 26.8 Å². The number of aliphatic carboxylic acids is 1. The monoisotopic (exact) mass is 369 g/mol. The number of nitrogens with zero attached hydrogens (tertiary/aromatic N) is 1. The lowest BCUT2D eigenvalue weighted by atomic mass is 10.1. The van der Waals surface area contributed by atoms with E-state index >= 15 is 0 Å². The maximum Gasteiger partial charge on any atom is 0.323 e. The summed E-state index contributed by atoms with van der Waals surface area (Å²) in [7, 11) is 0. The molecular formula is C20H23N3O4. The number of carbonyl (C=O) groups excluding carboxylic acids is 2. The van der Waals surface area contributed by atoms with Gasteiger partial charge in [0.2, 0.25) is 0 Å². The highest BCUT2D eigenvalue weighted by molar-refractivity contribution is 6.02. The average molecular weight is 369 g/mol. The molecule has 0 saturated carbocycles. The number of aryl methyl sites for hydroxylation is 1. The predicted molar refractivity (Wildman–Crippen MR) is 104 cm³/mol. The van der Waals surface area contributed by atoms with Crippen LogP contribution in [0.1, 0.15) is 29.8 Å². The van der Waals surface area contributed by atoms with E-state index in [9.17, 15) is 14.4 Å². The van der Waals surface area contributed by atoms with E-state index in [1.165, 1.54) is 4.90 Å². The van der Waals surface area contributed by atoms with E-state index in [4.69, 9.17) is 5.11 Å². The minimum atomic E-state index is -1.08. The van der Waals surface area contributed by atoms with E-state index < -0.39 is 17.9 Å². The molecule has 7 nitrogen and oxygen atoms in total. The molecule has 2 aromatic rings. The summed E-state index contributed by atoms with van der Waals surface area (Å²) in [5.41, 5.74) is 2.22. The average Bonchev–Trinajstić information content (AvgIpc) is 2.61. The number of anilines is 2. The van der Waals surface area contributed by atoms with Gasteiger partial charge in [0, 0.05) is 23.0 Å². The standard InChI is InChI=1S/C20H23N3O4/c1-13(2)23(12-18(24)25)19(26)15-10-9-14(3)17(11-15)22-20(27)21-16-7-5-4-6-8-16/h4-11,13H,12H2,1-3H3,(H,24,25)(H2,21,22,27). The minimum absolute atomic E-state index is 0.271. The van der Waals surface area contributed by atoms with Crippen LogP contribution >= 0.6 is 0 Å². The van der Waals surface area contributed by atoms with Gasteiger partial charge < -0.3 is 20.6 Å².